The van der Waals surface area contributed by atoms with E-state index in [1.165, 1.54) is 0 Å². The lowest BCUT2D eigenvalue weighted by Gasteiger charge is -2.37. The van der Waals surface area contributed by atoms with Crippen molar-refractivity contribution in [1.82, 2.24) is 9.88 Å². The van der Waals surface area contributed by atoms with E-state index in [1.807, 2.05) is 25.1 Å². The van der Waals surface area contributed by atoms with Crippen LogP contribution in [0.4, 0.5) is 0 Å². The van der Waals surface area contributed by atoms with Gasteiger partial charge in [0.2, 0.25) is 5.88 Å². The number of hydrogen-bond donors (Lipinski definition) is 1. The van der Waals surface area contributed by atoms with Crippen LogP contribution in [-0.4, -0.2) is 42.7 Å². The second kappa shape index (κ2) is 5.31. The Morgan fingerprint density at radius 1 is 1.58 bits per heavy atom. The molecule has 1 atom stereocenters. The summed E-state index contributed by atoms with van der Waals surface area (Å²) in [7, 11) is 5.56. The summed E-state index contributed by atoms with van der Waals surface area (Å²) in [6, 6.07) is 1.92. The number of methoxy groups -OCH3 is 1. The van der Waals surface area contributed by atoms with Crippen molar-refractivity contribution in [2.24, 2.45) is 0 Å². The predicted octanol–water partition coefficient (Wildman–Crippen LogP) is 1.73. The summed E-state index contributed by atoms with van der Waals surface area (Å²) < 4.78 is 5.15. The third-order valence-electron chi connectivity index (χ3n) is 3.70. The molecule has 1 aromatic rings. The molecule has 1 N–H and O–H groups in total. The van der Waals surface area contributed by atoms with Gasteiger partial charge in [-0.15, -0.1) is 0 Å². The molecule has 1 unspecified atom stereocenters. The van der Waals surface area contributed by atoms with Crippen LogP contribution >= 0.6 is 0 Å². The van der Waals surface area contributed by atoms with E-state index in [2.05, 4.69) is 11.6 Å². The molecule has 0 fully saturated rings. The number of aryl methyl sites for hydroxylation is 1. The summed E-state index contributed by atoms with van der Waals surface area (Å²) in [5.74, 6) is 0.598. The molecule has 19 heavy (non-hydrogen) atoms. The summed E-state index contributed by atoms with van der Waals surface area (Å²) >= 11 is 0. The zero-order valence-electron chi connectivity index (χ0n) is 11.9. The number of aromatic nitrogens is 1. The quantitative estimate of drug-likeness (QED) is 0.839. The Hall–Kier alpha value is -1.39. The largest absolute Gasteiger partial charge is 0.481 e. The molecule has 1 aliphatic rings. The highest BCUT2D eigenvalue weighted by atomic mass is 16.5. The molecule has 0 aromatic carbocycles. The number of likely N-dealkylation sites (N-methyl/N-ethyl adjacent to an activating group) is 1. The number of aliphatic hydroxyl groups is 1. The molecular formula is C15H22N2O2. The van der Waals surface area contributed by atoms with Crippen LogP contribution < -0.4 is 4.74 Å². The van der Waals surface area contributed by atoms with Gasteiger partial charge in [-0.1, -0.05) is 6.58 Å². The number of fused-ring (bicyclic) bond motifs is 1. The number of nitrogens with zero attached hydrogens (tertiary/aromatic N) is 2. The molecule has 0 saturated carbocycles. The molecule has 0 radical (unpaired) electrons. The van der Waals surface area contributed by atoms with Gasteiger partial charge in [0, 0.05) is 24.4 Å². The molecule has 1 heterocycles. The lowest BCUT2D eigenvalue weighted by molar-refractivity contribution is 0.0511. The van der Waals surface area contributed by atoms with Gasteiger partial charge in [0.15, 0.2) is 0 Å². The van der Waals surface area contributed by atoms with Crippen molar-refractivity contribution >= 4 is 0 Å². The first-order valence-corrected chi connectivity index (χ1v) is 6.56. The zero-order chi connectivity index (χ0) is 14.0. The minimum Gasteiger partial charge on any atom is -0.481 e. The maximum absolute atomic E-state index is 11.0. The van der Waals surface area contributed by atoms with E-state index in [0.717, 1.165) is 29.5 Å². The topological polar surface area (TPSA) is 45.6 Å². The van der Waals surface area contributed by atoms with E-state index >= 15 is 0 Å². The highest BCUT2D eigenvalue weighted by Gasteiger charge is 2.37. The van der Waals surface area contributed by atoms with Crippen LogP contribution in [0.25, 0.3) is 0 Å². The van der Waals surface area contributed by atoms with Gasteiger partial charge in [0.1, 0.15) is 5.60 Å². The first-order chi connectivity index (χ1) is 8.97. The maximum Gasteiger partial charge on any atom is 0.213 e. The molecule has 4 heteroatoms. The van der Waals surface area contributed by atoms with Gasteiger partial charge in [-0.05, 0) is 44.5 Å². The Morgan fingerprint density at radius 3 is 2.95 bits per heavy atom. The normalized spacial score (nSPS) is 22.2. The molecule has 1 aromatic heterocycles. The fourth-order valence-corrected chi connectivity index (χ4v) is 2.72. The van der Waals surface area contributed by atoms with Gasteiger partial charge < -0.3 is 14.7 Å². The Morgan fingerprint density at radius 2 is 2.32 bits per heavy atom. The van der Waals surface area contributed by atoms with Crippen molar-refractivity contribution in [1.29, 1.82) is 0 Å². The standard InChI is InChI=1S/C15H22N2O2/c1-11(10-17(2)3)15(18)7-5-6-12-8-14(19-4)16-9-13(12)15/h8-9,18H,1,5-7,10H2,2-4H3. The summed E-state index contributed by atoms with van der Waals surface area (Å²) in [4.78, 5) is 6.25. The van der Waals surface area contributed by atoms with Gasteiger partial charge in [-0.25, -0.2) is 4.98 Å². The summed E-state index contributed by atoms with van der Waals surface area (Å²) in [6.45, 7) is 4.75. The smallest absolute Gasteiger partial charge is 0.213 e. The van der Waals surface area contributed by atoms with Crippen molar-refractivity contribution in [2.75, 3.05) is 27.7 Å². The van der Waals surface area contributed by atoms with Crippen LogP contribution in [0.15, 0.2) is 24.4 Å². The van der Waals surface area contributed by atoms with E-state index < -0.39 is 5.60 Å². The molecule has 104 valence electrons. The highest BCUT2D eigenvalue weighted by molar-refractivity contribution is 5.41. The molecule has 0 aliphatic heterocycles. The lowest BCUT2D eigenvalue weighted by Crippen LogP contribution is -2.36. The fourth-order valence-electron chi connectivity index (χ4n) is 2.72. The minimum atomic E-state index is -0.961. The molecule has 0 saturated heterocycles. The van der Waals surface area contributed by atoms with E-state index in [9.17, 15) is 5.11 Å². The van der Waals surface area contributed by atoms with Gasteiger partial charge in [0.25, 0.3) is 0 Å². The van der Waals surface area contributed by atoms with Crippen LogP contribution in [0.5, 0.6) is 5.88 Å². The Balaban J connectivity index is 2.38. The number of hydrogen-bond acceptors (Lipinski definition) is 4. The van der Waals surface area contributed by atoms with E-state index in [1.54, 1.807) is 13.3 Å². The fraction of sp³-hybridized carbons (Fsp3) is 0.533. The number of pyridine rings is 1. The molecule has 0 amide bonds. The summed E-state index contributed by atoms with van der Waals surface area (Å²) in [5, 5.41) is 11.0. The third kappa shape index (κ3) is 2.65. The van der Waals surface area contributed by atoms with Crippen LogP contribution in [-0.2, 0) is 12.0 Å². The van der Waals surface area contributed by atoms with Crippen molar-refractivity contribution in [3.05, 3.63) is 35.5 Å². The number of ether oxygens (including phenoxy) is 1. The molecular weight excluding hydrogens is 240 g/mol. The highest BCUT2D eigenvalue weighted by Crippen LogP contribution is 2.40. The van der Waals surface area contributed by atoms with Gasteiger partial charge in [-0.2, -0.15) is 0 Å². The lowest BCUT2D eigenvalue weighted by atomic mass is 9.76. The molecule has 0 bridgehead atoms. The van der Waals surface area contributed by atoms with Crippen molar-refractivity contribution in [3.63, 3.8) is 0 Å². The van der Waals surface area contributed by atoms with Gasteiger partial charge in [-0.3, -0.25) is 0 Å². The average molecular weight is 262 g/mol. The first kappa shape index (κ1) is 14.0. The summed E-state index contributed by atoms with van der Waals surface area (Å²) in [5.41, 5.74) is 1.86. The van der Waals surface area contributed by atoms with E-state index in [-0.39, 0.29) is 0 Å². The zero-order valence-corrected chi connectivity index (χ0v) is 11.9. The second-order valence-corrected chi connectivity index (χ2v) is 5.44. The van der Waals surface area contributed by atoms with E-state index in [4.69, 9.17) is 4.74 Å². The molecule has 0 spiro atoms. The Labute approximate surface area is 114 Å². The molecule has 4 nitrogen and oxygen atoms in total. The van der Waals surface area contributed by atoms with Crippen LogP contribution in [0.3, 0.4) is 0 Å². The second-order valence-electron chi connectivity index (χ2n) is 5.44. The third-order valence-corrected chi connectivity index (χ3v) is 3.70. The van der Waals surface area contributed by atoms with Crippen molar-refractivity contribution < 1.29 is 9.84 Å². The number of rotatable bonds is 4. The predicted molar refractivity (Wildman–Crippen MR) is 75.3 cm³/mol. The van der Waals surface area contributed by atoms with Crippen molar-refractivity contribution in [2.45, 2.75) is 24.9 Å². The van der Waals surface area contributed by atoms with Crippen molar-refractivity contribution in [3.8, 4) is 5.88 Å². The van der Waals surface area contributed by atoms with Crippen LogP contribution in [0.2, 0.25) is 0 Å². The van der Waals surface area contributed by atoms with Crippen LogP contribution in [0.1, 0.15) is 24.0 Å². The Kier molecular flexibility index (Phi) is 3.92. The van der Waals surface area contributed by atoms with Crippen LogP contribution in [0, 0.1) is 0 Å². The first-order valence-electron chi connectivity index (χ1n) is 6.56. The monoisotopic (exact) mass is 262 g/mol. The molecule has 2 rings (SSSR count). The van der Waals surface area contributed by atoms with E-state index in [0.29, 0.717) is 18.8 Å². The summed E-state index contributed by atoms with van der Waals surface area (Å²) in [6.07, 6.45) is 4.34. The van der Waals surface area contributed by atoms with Gasteiger partial charge >= 0.3 is 0 Å². The SMILES string of the molecule is C=C(CN(C)C)C1(O)CCCc2cc(OC)ncc21. The van der Waals surface area contributed by atoms with Gasteiger partial charge in [0.05, 0.1) is 7.11 Å². The average Bonchev–Trinajstić information content (AvgIpc) is 2.37. The molecule has 1 aliphatic carbocycles. The Bertz CT molecular complexity index is 485. The minimum absolute atomic E-state index is 0.598. The maximum atomic E-state index is 11.0.